The van der Waals surface area contributed by atoms with Gasteiger partial charge in [0.15, 0.2) is 5.82 Å². The molecule has 0 aliphatic carbocycles. The average Bonchev–Trinajstić information content (AvgIpc) is 2.84. The Morgan fingerprint density at radius 3 is 2.30 bits per heavy atom. The molecule has 2 atom stereocenters. The van der Waals surface area contributed by atoms with Gasteiger partial charge in [-0.05, 0) is 38.2 Å². The first-order chi connectivity index (χ1) is 9.51. The summed E-state index contributed by atoms with van der Waals surface area (Å²) in [5.74, 6) is 0.810. The quantitative estimate of drug-likeness (QED) is 0.738. The summed E-state index contributed by atoms with van der Waals surface area (Å²) in [5.41, 5.74) is 0.0959. The Morgan fingerprint density at radius 2 is 1.90 bits per heavy atom. The second-order valence-electron chi connectivity index (χ2n) is 5.39. The molecule has 6 nitrogen and oxygen atoms in total. The van der Waals surface area contributed by atoms with Crippen LogP contribution in [0.4, 0.5) is 0 Å². The van der Waals surface area contributed by atoms with Crippen molar-refractivity contribution in [3.8, 4) is 0 Å². The van der Waals surface area contributed by atoms with Crippen LogP contribution in [0.2, 0.25) is 0 Å². The predicted octanol–water partition coefficient (Wildman–Crippen LogP) is 1.24. The lowest BCUT2D eigenvalue weighted by molar-refractivity contribution is 0.0699. The molecular formula is C14H30N6. The molecule has 0 fully saturated rings. The van der Waals surface area contributed by atoms with E-state index in [2.05, 4.69) is 60.2 Å². The molecule has 1 heterocycles. The van der Waals surface area contributed by atoms with Gasteiger partial charge in [0.05, 0.1) is 7.05 Å². The van der Waals surface area contributed by atoms with Crippen LogP contribution >= 0.6 is 0 Å². The second-order valence-corrected chi connectivity index (χ2v) is 5.39. The summed E-state index contributed by atoms with van der Waals surface area (Å²) in [6, 6.07) is 0.321. The molecule has 2 unspecified atom stereocenters. The molecule has 0 radical (unpaired) electrons. The van der Waals surface area contributed by atoms with E-state index in [1.807, 2.05) is 7.05 Å². The Hall–Kier alpha value is -1.01. The Kier molecular flexibility index (Phi) is 6.55. The van der Waals surface area contributed by atoms with Gasteiger partial charge < -0.3 is 5.32 Å². The fourth-order valence-electron chi connectivity index (χ4n) is 2.98. The lowest BCUT2D eigenvalue weighted by atomic mass is 9.84. The number of aryl methyl sites for hydroxylation is 1. The van der Waals surface area contributed by atoms with Crippen molar-refractivity contribution in [2.24, 2.45) is 7.05 Å². The van der Waals surface area contributed by atoms with Crippen molar-refractivity contribution >= 4 is 0 Å². The smallest absolute Gasteiger partial charge is 0.176 e. The fourth-order valence-corrected chi connectivity index (χ4v) is 2.98. The second kappa shape index (κ2) is 7.69. The van der Waals surface area contributed by atoms with Gasteiger partial charge in [0.2, 0.25) is 0 Å². The molecule has 0 saturated carbocycles. The zero-order chi connectivity index (χ0) is 15.2. The first kappa shape index (κ1) is 17.0. The van der Waals surface area contributed by atoms with E-state index in [9.17, 15) is 0 Å². The van der Waals surface area contributed by atoms with Crippen LogP contribution in [0.5, 0.6) is 0 Å². The van der Waals surface area contributed by atoms with Crippen LogP contribution in [0.1, 0.15) is 46.9 Å². The van der Waals surface area contributed by atoms with E-state index in [0.29, 0.717) is 6.04 Å². The molecule has 0 aliphatic heterocycles. The third kappa shape index (κ3) is 3.76. The van der Waals surface area contributed by atoms with Crippen LogP contribution in [0, 0.1) is 0 Å². The molecule has 1 rings (SSSR count). The number of likely N-dealkylation sites (N-methyl/N-ethyl adjacent to an activating group) is 2. The molecule has 1 N–H and O–H groups in total. The maximum Gasteiger partial charge on any atom is 0.176 e. The molecule has 20 heavy (non-hydrogen) atoms. The summed E-state index contributed by atoms with van der Waals surface area (Å²) in [7, 11) is 1.81. The van der Waals surface area contributed by atoms with Crippen LogP contribution in [-0.2, 0) is 13.5 Å². The minimum absolute atomic E-state index is 0.0959. The van der Waals surface area contributed by atoms with Crippen LogP contribution in [0.3, 0.4) is 0 Å². The SMILES string of the molecule is CCNC(Cc1nnn(C)n1)C(C)(CC)N(CC)CC. The maximum atomic E-state index is 4.33. The molecule has 1 aromatic rings. The first-order valence-corrected chi connectivity index (χ1v) is 7.73. The zero-order valence-corrected chi connectivity index (χ0v) is 13.8. The van der Waals surface area contributed by atoms with Gasteiger partial charge in [-0.2, -0.15) is 4.80 Å². The van der Waals surface area contributed by atoms with Crippen molar-refractivity contribution in [2.75, 3.05) is 19.6 Å². The number of nitrogens with one attached hydrogen (secondary N) is 1. The van der Waals surface area contributed by atoms with Gasteiger partial charge in [0, 0.05) is 18.0 Å². The van der Waals surface area contributed by atoms with E-state index in [4.69, 9.17) is 0 Å². The Morgan fingerprint density at radius 1 is 1.25 bits per heavy atom. The van der Waals surface area contributed by atoms with E-state index in [-0.39, 0.29) is 5.54 Å². The minimum atomic E-state index is 0.0959. The van der Waals surface area contributed by atoms with Crippen LogP contribution in [-0.4, -0.2) is 56.3 Å². The number of hydrogen-bond acceptors (Lipinski definition) is 5. The third-order valence-electron chi connectivity index (χ3n) is 4.34. The summed E-state index contributed by atoms with van der Waals surface area (Å²) in [6.45, 7) is 14.2. The highest BCUT2D eigenvalue weighted by molar-refractivity contribution is 5.00. The summed E-state index contributed by atoms with van der Waals surface area (Å²) < 4.78 is 0. The van der Waals surface area contributed by atoms with Crippen LogP contribution in [0.15, 0.2) is 0 Å². The summed E-state index contributed by atoms with van der Waals surface area (Å²) in [6.07, 6.45) is 1.90. The van der Waals surface area contributed by atoms with Crippen molar-refractivity contribution in [2.45, 2.75) is 59.0 Å². The van der Waals surface area contributed by atoms with Gasteiger partial charge in [-0.25, -0.2) is 0 Å². The van der Waals surface area contributed by atoms with Crippen molar-refractivity contribution < 1.29 is 0 Å². The summed E-state index contributed by atoms with van der Waals surface area (Å²) in [4.78, 5) is 4.05. The Labute approximate surface area is 122 Å². The number of tetrazole rings is 1. The standard InChI is InChI=1S/C14H30N6/c1-7-14(5,20(9-3)10-4)12(15-8-2)11-13-16-18-19(6)17-13/h12,15H,7-11H2,1-6H3. The van der Waals surface area contributed by atoms with Crippen molar-refractivity contribution in [1.29, 1.82) is 0 Å². The van der Waals surface area contributed by atoms with E-state index >= 15 is 0 Å². The van der Waals surface area contributed by atoms with Crippen LogP contribution < -0.4 is 5.32 Å². The lowest BCUT2D eigenvalue weighted by Crippen LogP contribution is -2.60. The molecule has 0 aliphatic rings. The van der Waals surface area contributed by atoms with Gasteiger partial charge in [-0.1, -0.05) is 27.7 Å². The Bertz CT molecular complexity index is 387. The molecule has 0 spiro atoms. The first-order valence-electron chi connectivity index (χ1n) is 7.73. The Balaban J connectivity index is 2.96. The minimum Gasteiger partial charge on any atom is -0.312 e. The summed E-state index contributed by atoms with van der Waals surface area (Å²) >= 11 is 0. The molecule has 116 valence electrons. The predicted molar refractivity (Wildman–Crippen MR) is 81.6 cm³/mol. The lowest BCUT2D eigenvalue weighted by Gasteiger charge is -2.45. The highest BCUT2D eigenvalue weighted by atomic mass is 15.6. The van der Waals surface area contributed by atoms with Crippen molar-refractivity contribution in [3.63, 3.8) is 0 Å². The number of rotatable bonds is 9. The van der Waals surface area contributed by atoms with Crippen molar-refractivity contribution in [3.05, 3.63) is 5.82 Å². The van der Waals surface area contributed by atoms with Gasteiger partial charge >= 0.3 is 0 Å². The van der Waals surface area contributed by atoms with Gasteiger partial charge in [0.25, 0.3) is 0 Å². The highest BCUT2D eigenvalue weighted by Crippen LogP contribution is 2.25. The van der Waals surface area contributed by atoms with Gasteiger partial charge in [0.1, 0.15) is 0 Å². The molecule has 6 heteroatoms. The number of nitrogens with zero attached hydrogens (tertiary/aromatic N) is 5. The highest BCUT2D eigenvalue weighted by Gasteiger charge is 2.37. The number of aromatic nitrogens is 4. The molecule has 0 bridgehead atoms. The third-order valence-corrected chi connectivity index (χ3v) is 4.34. The van der Waals surface area contributed by atoms with E-state index in [0.717, 1.165) is 38.3 Å². The molecule has 0 amide bonds. The summed E-state index contributed by atoms with van der Waals surface area (Å²) in [5, 5.41) is 16.0. The largest absolute Gasteiger partial charge is 0.312 e. The van der Waals surface area contributed by atoms with E-state index in [1.165, 1.54) is 4.80 Å². The molecule has 0 aromatic carbocycles. The maximum absolute atomic E-state index is 4.33. The van der Waals surface area contributed by atoms with Crippen molar-refractivity contribution in [1.82, 2.24) is 30.4 Å². The fraction of sp³-hybridized carbons (Fsp3) is 0.929. The van der Waals surface area contributed by atoms with Gasteiger partial charge in [-0.15, -0.1) is 10.2 Å². The van der Waals surface area contributed by atoms with E-state index in [1.54, 1.807) is 0 Å². The van der Waals surface area contributed by atoms with Gasteiger partial charge in [-0.3, -0.25) is 4.90 Å². The molecule has 1 aromatic heterocycles. The zero-order valence-electron chi connectivity index (χ0n) is 13.8. The monoisotopic (exact) mass is 282 g/mol. The average molecular weight is 282 g/mol. The number of hydrogen-bond donors (Lipinski definition) is 1. The topological polar surface area (TPSA) is 58.9 Å². The normalized spacial score (nSPS) is 16.4. The molecular weight excluding hydrogens is 252 g/mol. The molecule has 0 saturated heterocycles. The van der Waals surface area contributed by atoms with Crippen LogP contribution in [0.25, 0.3) is 0 Å². The van der Waals surface area contributed by atoms with E-state index < -0.39 is 0 Å².